The van der Waals surface area contributed by atoms with E-state index in [1.165, 1.54) is 24.3 Å². The first-order valence-corrected chi connectivity index (χ1v) is 4.32. The van der Waals surface area contributed by atoms with Gasteiger partial charge in [-0.2, -0.15) is 0 Å². The van der Waals surface area contributed by atoms with Gasteiger partial charge in [0.05, 0.1) is 4.34 Å². The lowest BCUT2D eigenvalue weighted by Crippen LogP contribution is -1.77. The molecule has 0 fully saturated rings. The molecule has 0 saturated carbocycles. The van der Waals surface area contributed by atoms with Crippen molar-refractivity contribution in [1.29, 1.82) is 0 Å². The molecule has 3 heteroatoms. The van der Waals surface area contributed by atoms with Gasteiger partial charge in [-0.25, -0.2) is 0 Å². The second-order valence-corrected chi connectivity index (χ2v) is 3.83. The van der Waals surface area contributed by atoms with E-state index >= 15 is 0 Å². The Labute approximate surface area is 74.3 Å². The molecule has 0 unspecified atom stereocenters. The molecule has 0 aliphatic heterocycles. The van der Waals surface area contributed by atoms with E-state index in [2.05, 4.69) is 0 Å². The summed E-state index contributed by atoms with van der Waals surface area (Å²) in [5.41, 5.74) is 0. The Morgan fingerprint density at radius 3 is 2.82 bits per heavy atom. The van der Waals surface area contributed by atoms with Gasteiger partial charge in [0, 0.05) is 4.88 Å². The molecule has 1 heterocycles. The smallest absolute Gasteiger partial charge is 0.152 e. The van der Waals surface area contributed by atoms with E-state index in [9.17, 15) is 4.79 Å². The molecule has 0 aliphatic carbocycles. The van der Waals surface area contributed by atoms with Gasteiger partial charge in [0.25, 0.3) is 0 Å². The number of allylic oxidation sites excluding steroid dienone is 1. The molecule has 1 aromatic rings. The summed E-state index contributed by atoms with van der Waals surface area (Å²) in [4.78, 5) is 11.5. The Hall–Kier alpha value is -0.600. The van der Waals surface area contributed by atoms with E-state index in [1.54, 1.807) is 6.08 Å². The highest BCUT2D eigenvalue weighted by Gasteiger charge is 1.92. The van der Waals surface area contributed by atoms with Crippen LogP contribution in [0.2, 0.25) is 4.34 Å². The lowest BCUT2D eigenvalue weighted by molar-refractivity contribution is -0.112. The zero-order valence-electron chi connectivity index (χ0n) is 6.00. The Balaban J connectivity index is 2.71. The molecule has 11 heavy (non-hydrogen) atoms. The van der Waals surface area contributed by atoms with Crippen LogP contribution < -0.4 is 0 Å². The minimum Gasteiger partial charge on any atom is -0.295 e. The van der Waals surface area contributed by atoms with Gasteiger partial charge in [-0.3, -0.25) is 4.79 Å². The topological polar surface area (TPSA) is 17.1 Å². The van der Waals surface area contributed by atoms with Gasteiger partial charge in [-0.05, 0) is 31.2 Å². The zero-order valence-corrected chi connectivity index (χ0v) is 7.58. The summed E-state index contributed by atoms with van der Waals surface area (Å²) in [5, 5.41) is 0. The van der Waals surface area contributed by atoms with Crippen molar-refractivity contribution in [3.8, 4) is 0 Å². The summed E-state index contributed by atoms with van der Waals surface area (Å²) in [6.07, 6.45) is 3.29. The second-order valence-electron chi connectivity index (χ2n) is 2.09. The van der Waals surface area contributed by atoms with Crippen LogP contribution in [0.3, 0.4) is 0 Å². The van der Waals surface area contributed by atoms with Crippen molar-refractivity contribution < 1.29 is 4.79 Å². The van der Waals surface area contributed by atoms with Crippen molar-refractivity contribution in [3.63, 3.8) is 0 Å². The molecular weight excluding hydrogens is 180 g/mol. The predicted molar refractivity (Wildman–Crippen MR) is 49.0 cm³/mol. The van der Waals surface area contributed by atoms with Crippen LogP contribution in [0.4, 0.5) is 0 Å². The zero-order chi connectivity index (χ0) is 8.27. The number of carbonyl (C=O) groups is 1. The molecule has 0 bridgehead atoms. The first-order chi connectivity index (χ1) is 5.18. The molecular formula is C8H7ClOS. The molecule has 0 amide bonds. The summed E-state index contributed by atoms with van der Waals surface area (Å²) in [6.45, 7) is 1.52. The SMILES string of the molecule is CC(=O)C=Cc1ccc(Cl)s1. The Morgan fingerprint density at radius 2 is 2.36 bits per heavy atom. The molecule has 1 aromatic heterocycles. The standard InChI is InChI=1S/C8H7ClOS/c1-6(10)2-3-7-4-5-8(9)11-7/h2-5H,1H3. The maximum Gasteiger partial charge on any atom is 0.152 e. The lowest BCUT2D eigenvalue weighted by atomic mass is 10.3. The van der Waals surface area contributed by atoms with Crippen molar-refractivity contribution in [2.75, 3.05) is 0 Å². The normalized spacial score (nSPS) is 10.7. The van der Waals surface area contributed by atoms with Gasteiger partial charge in [0.15, 0.2) is 5.78 Å². The van der Waals surface area contributed by atoms with E-state index in [4.69, 9.17) is 11.6 Å². The highest BCUT2D eigenvalue weighted by atomic mass is 35.5. The van der Waals surface area contributed by atoms with Crippen LogP contribution in [0.5, 0.6) is 0 Å². The van der Waals surface area contributed by atoms with E-state index in [0.29, 0.717) is 0 Å². The number of hydrogen-bond acceptors (Lipinski definition) is 2. The molecule has 1 nitrogen and oxygen atoms in total. The maximum atomic E-state index is 10.5. The first-order valence-electron chi connectivity index (χ1n) is 3.12. The van der Waals surface area contributed by atoms with Gasteiger partial charge in [-0.1, -0.05) is 11.6 Å². The number of rotatable bonds is 2. The van der Waals surface area contributed by atoms with E-state index in [1.807, 2.05) is 12.1 Å². The minimum absolute atomic E-state index is 0.0505. The summed E-state index contributed by atoms with van der Waals surface area (Å²) in [6, 6.07) is 3.69. The summed E-state index contributed by atoms with van der Waals surface area (Å²) >= 11 is 7.13. The second kappa shape index (κ2) is 3.69. The van der Waals surface area contributed by atoms with Gasteiger partial charge in [0.2, 0.25) is 0 Å². The number of halogens is 1. The molecule has 1 rings (SSSR count). The van der Waals surface area contributed by atoms with Gasteiger partial charge >= 0.3 is 0 Å². The van der Waals surface area contributed by atoms with Crippen LogP contribution in [0.1, 0.15) is 11.8 Å². The number of hydrogen-bond donors (Lipinski definition) is 0. The molecule has 0 spiro atoms. The fourth-order valence-electron chi connectivity index (χ4n) is 0.617. The molecule has 0 N–H and O–H groups in total. The first kappa shape index (κ1) is 8.50. The van der Waals surface area contributed by atoms with Gasteiger partial charge in [0.1, 0.15) is 0 Å². The third-order valence-electron chi connectivity index (χ3n) is 1.08. The Kier molecular flexibility index (Phi) is 2.85. The highest BCUT2D eigenvalue weighted by Crippen LogP contribution is 2.22. The fourth-order valence-corrected chi connectivity index (χ4v) is 1.58. The summed E-state index contributed by atoms with van der Waals surface area (Å²) in [5.74, 6) is 0.0505. The molecule has 0 aliphatic rings. The molecule has 0 atom stereocenters. The largest absolute Gasteiger partial charge is 0.295 e. The highest BCUT2D eigenvalue weighted by molar-refractivity contribution is 7.17. The third-order valence-corrected chi connectivity index (χ3v) is 2.27. The Bertz CT molecular complexity index is 288. The Morgan fingerprint density at radius 1 is 1.64 bits per heavy atom. The molecule has 0 radical (unpaired) electrons. The number of thiophene rings is 1. The minimum atomic E-state index is 0.0505. The summed E-state index contributed by atoms with van der Waals surface area (Å²) < 4.78 is 0.744. The van der Waals surface area contributed by atoms with Crippen LogP contribution >= 0.6 is 22.9 Å². The third kappa shape index (κ3) is 2.87. The quantitative estimate of drug-likeness (QED) is 0.649. The van der Waals surface area contributed by atoms with Gasteiger partial charge in [-0.15, -0.1) is 11.3 Å². The maximum absolute atomic E-state index is 10.5. The average Bonchev–Trinajstić information content (AvgIpc) is 2.31. The predicted octanol–water partition coefficient (Wildman–Crippen LogP) is 3.00. The monoisotopic (exact) mass is 186 g/mol. The van der Waals surface area contributed by atoms with Crippen LogP contribution in [0.25, 0.3) is 6.08 Å². The van der Waals surface area contributed by atoms with Crippen LogP contribution in [0.15, 0.2) is 18.2 Å². The number of carbonyl (C=O) groups excluding carboxylic acids is 1. The van der Waals surface area contributed by atoms with Crippen LogP contribution in [-0.2, 0) is 4.79 Å². The van der Waals surface area contributed by atoms with Crippen molar-refractivity contribution in [1.82, 2.24) is 0 Å². The fraction of sp³-hybridized carbons (Fsp3) is 0.125. The number of ketones is 1. The van der Waals surface area contributed by atoms with Crippen molar-refractivity contribution in [2.24, 2.45) is 0 Å². The van der Waals surface area contributed by atoms with Crippen molar-refractivity contribution in [2.45, 2.75) is 6.92 Å². The summed E-state index contributed by atoms with van der Waals surface area (Å²) in [7, 11) is 0. The van der Waals surface area contributed by atoms with E-state index < -0.39 is 0 Å². The van der Waals surface area contributed by atoms with Crippen molar-refractivity contribution >= 4 is 34.8 Å². The van der Waals surface area contributed by atoms with Crippen LogP contribution in [-0.4, -0.2) is 5.78 Å². The van der Waals surface area contributed by atoms with Crippen molar-refractivity contribution in [3.05, 3.63) is 27.4 Å². The average molecular weight is 187 g/mol. The molecule has 0 aromatic carbocycles. The van der Waals surface area contributed by atoms with E-state index in [0.717, 1.165) is 9.21 Å². The van der Waals surface area contributed by atoms with E-state index in [-0.39, 0.29) is 5.78 Å². The van der Waals surface area contributed by atoms with Crippen LogP contribution in [0, 0.1) is 0 Å². The molecule has 58 valence electrons. The van der Waals surface area contributed by atoms with Gasteiger partial charge < -0.3 is 0 Å². The molecule has 0 saturated heterocycles. The lowest BCUT2D eigenvalue weighted by Gasteiger charge is -1.79.